The fraction of sp³-hybridized carbons (Fsp3) is 0.462. The summed E-state index contributed by atoms with van der Waals surface area (Å²) in [6.07, 6.45) is 0. The van der Waals surface area contributed by atoms with E-state index in [1.807, 2.05) is 20.8 Å². The van der Waals surface area contributed by atoms with Crippen LogP contribution in [0.5, 0.6) is 11.5 Å². The molecule has 20 heavy (non-hydrogen) atoms. The second-order valence-electron chi connectivity index (χ2n) is 5.38. The molecule has 1 aromatic heterocycles. The molecule has 0 spiro atoms. The van der Waals surface area contributed by atoms with Gasteiger partial charge in [-0.15, -0.1) is 5.10 Å². The number of carbonyl (C=O) groups excluding carboxylic acids is 1. The summed E-state index contributed by atoms with van der Waals surface area (Å²) in [6.45, 7) is 5.68. The molecule has 1 heterocycles. The second-order valence-corrected chi connectivity index (χ2v) is 5.38. The molecule has 2 aromatic rings. The molecule has 0 aliphatic heterocycles. The third-order valence-corrected chi connectivity index (χ3v) is 2.62. The van der Waals surface area contributed by atoms with Crippen LogP contribution in [0.25, 0.3) is 11.0 Å². The van der Waals surface area contributed by atoms with Crippen LogP contribution in [0.2, 0.25) is 0 Å². The van der Waals surface area contributed by atoms with Crippen LogP contribution < -0.4 is 14.8 Å². The summed E-state index contributed by atoms with van der Waals surface area (Å²) in [4.78, 5) is 12.2. The fourth-order valence-electron chi connectivity index (χ4n) is 1.77. The SMILES string of the molecule is COc1cc(OC)c2nnn(C(=O)NC(C)(C)C)c2c1. The van der Waals surface area contributed by atoms with Crippen LogP contribution in [-0.4, -0.2) is 40.8 Å². The first-order chi connectivity index (χ1) is 9.35. The Bertz CT molecular complexity index is 643. The first-order valence-electron chi connectivity index (χ1n) is 6.15. The number of hydrogen-bond donors (Lipinski definition) is 1. The highest BCUT2D eigenvalue weighted by molar-refractivity contribution is 5.91. The van der Waals surface area contributed by atoms with Crippen molar-refractivity contribution in [1.29, 1.82) is 0 Å². The lowest BCUT2D eigenvalue weighted by Gasteiger charge is -2.19. The molecule has 1 amide bonds. The van der Waals surface area contributed by atoms with Crippen LogP contribution in [0, 0.1) is 0 Å². The van der Waals surface area contributed by atoms with Crippen molar-refractivity contribution < 1.29 is 14.3 Å². The lowest BCUT2D eigenvalue weighted by Crippen LogP contribution is -2.43. The lowest BCUT2D eigenvalue weighted by atomic mass is 10.1. The highest BCUT2D eigenvalue weighted by Crippen LogP contribution is 2.29. The number of benzene rings is 1. The Labute approximate surface area is 116 Å². The topological polar surface area (TPSA) is 78.3 Å². The van der Waals surface area contributed by atoms with Crippen molar-refractivity contribution in [3.8, 4) is 11.5 Å². The molecule has 1 N–H and O–H groups in total. The van der Waals surface area contributed by atoms with Gasteiger partial charge < -0.3 is 14.8 Å². The summed E-state index contributed by atoms with van der Waals surface area (Å²) in [5.41, 5.74) is 0.679. The molecule has 2 rings (SSSR count). The van der Waals surface area contributed by atoms with E-state index < -0.39 is 0 Å². The van der Waals surface area contributed by atoms with E-state index in [1.165, 1.54) is 11.8 Å². The lowest BCUT2D eigenvalue weighted by molar-refractivity contribution is 0.231. The van der Waals surface area contributed by atoms with Gasteiger partial charge in [-0.3, -0.25) is 0 Å². The van der Waals surface area contributed by atoms with Crippen LogP contribution in [0.15, 0.2) is 12.1 Å². The fourth-order valence-corrected chi connectivity index (χ4v) is 1.77. The van der Waals surface area contributed by atoms with Gasteiger partial charge in [0.2, 0.25) is 0 Å². The molecule has 7 nitrogen and oxygen atoms in total. The van der Waals surface area contributed by atoms with Gasteiger partial charge in [0.1, 0.15) is 11.3 Å². The average Bonchev–Trinajstić information content (AvgIpc) is 2.79. The molecule has 0 radical (unpaired) electrons. The molecule has 1 aromatic carbocycles. The Morgan fingerprint density at radius 2 is 1.95 bits per heavy atom. The van der Waals surface area contributed by atoms with Gasteiger partial charge in [-0.05, 0) is 20.8 Å². The molecule has 0 aliphatic rings. The monoisotopic (exact) mass is 278 g/mol. The van der Waals surface area contributed by atoms with Gasteiger partial charge >= 0.3 is 6.03 Å². The van der Waals surface area contributed by atoms with Crippen molar-refractivity contribution in [2.24, 2.45) is 0 Å². The van der Waals surface area contributed by atoms with E-state index in [-0.39, 0.29) is 11.6 Å². The van der Waals surface area contributed by atoms with Gasteiger partial charge in [0.15, 0.2) is 11.3 Å². The third-order valence-electron chi connectivity index (χ3n) is 2.62. The number of nitrogens with one attached hydrogen (secondary N) is 1. The predicted octanol–water partition coefficient (Wildman–Crippen LogP) is 1.80. The van der Waals surface area contributed by atoms with E-state index in [2.05, 4.69) is 15.6 Å². The number of hydrogen-bond acceptors (Lipinski definition) is 5. The maximum absolute atomic E-state index is 12.2. The van der Waals surface area contributed by atoms with Gasteiger partial charge in [0.25, 0.3) is 0 Å². The zero-order chi connectivity index (χ0) is 14.9. The number of fused-ring (bicyclic) bond motifs is 1. The normalized spacial score (nSPS) is 11.4. The Hall–Kier alpha value is -2.31. The molecular formula is C13H18N4O3. The zero-order valence-corrected chi connectivity index (χ0v) is 12.2. The minimum absolute atomic E-state index is 0.352. The Kier molecular flexibility index (Phi) is 3.52. The zero-order valence-electron chi connectivity index (χ0n) is 12.2. The Morgan fingerprint density at radius 1 is 1.25 bits per heavy atom. The molecule has 0 aliphatic carbocycles. The van der Waals surface area contributed by atoms with Gasteiger partial charge in [0.05, 0.1) is 14.2 Å². The number of methoxy groups -OCH3 is 2. The summed E-state index contributed by atoms with van der Waals surface area (Å²) in [5.74, 6) is 1.08. The van der Waals surface area contributed by atoms with Crippen molar-refractivity contribution in [2.45, 2.75) is 26.3 Å². The van der Waals surface area contributed by atoms with Crippen LogP contribution in [0.1, 0.15) is 20.8 Å². The minimum Gasteiger partial charge on any atom is -0.497 e. The van der Waals surface area contributed by atoms with E-state index in [9.17, 15) is 4.79 Å². The van der Waals surface area contributed by atoms with Gasteiger partial charge in [-0.2, -0.15) is 4.68 Å². The number of rotatable bonds is 2. The van der Waals surface area contributed by atoms with Crippen LogP contribution >= 0.6 is 0 Å². The molecule has 0 saturated carbocycles. The van der Waals surface area contributed by atoms with Gasteiger partial charge in [0, 0.05) is 17.7 Å². The van der Waals surface area contributed by atoms with Crippen molar-refractivity contribution in [2.75, 3.05) is 14.2 Å². The first kappa shape index (κ1) is 14.1. The van der Waals surface area contributed by atoms with Crippen LogP contribution in [-0.2, 0) is 0 Å². The molecule has 0 saturated heterocycles. The number of nitrogens with zero attached hydrogens (tertiary/aromatic N) is 3. The number of aromatic nitrogens is 3. The summed E-state index contributed by atoms with van der Waals surface area (Å²) >= 11 is 0. The molecular weight excluding hydrogens is 260 g/mol. The molecule has 0 unspecified atom stereocenters. The first-order valence-corrected chi connectivity index (χ1v) is 6.15. The molecule has 0 atom stereocenters. The summed E-state index contributed by atoms with van der Waals surface area (Å²) in [7, 11) is 3.08. The summed E-state index contributed by atoms with van der Waals surface area (Å²) in [6, 6.07) is 3.04. The molecule has 0 bridgehead atoms. The van der Waals surface area contributed by atoms with E-state index in [0.717, 1.165) is 0 Å². The van der Waals surface area contributed by atoms with Crippen LogP contribution in [0.4, 0.5) is 4.79 Å². The predicted molar refractivity (Wildman–Crippen MR) is 74.3 cm³/mol. The maximum atomic E-state index is 12.2. The third kappa shape index (κ3) is 2.66. The smallest absolute Gasteiger partial charge is 0.344 e. The van der Waals surface area contributed by atoms with Gasteiger partial charge in [-0.25, -0.2) is 4.79 Å². The highest BCUT2D eigenvalue weighted by atomic mass is 16.5. The van der Waals surface area contributed by atoms with Crippen molar-refractivity contribution in [3.05, 3.63) is 12.1 Å². The van der Waals surface area contributed by atoms with E-state index >= 15 is 0 Å². The van der Waals surface area contributed by atoms with E-state index in [4.69, 9.17) is 9.47 Å². The number of ether oxygens (including phenoxy) is 2. The second kappa shape index (κ2) is 4.99. The Morgan fingerprint density at radius 3 is 2.50 bits per heavy atom. The summed E-state index contributed by atoms with van der Waals surface area (Å²) < 4.78 is 11.6. The Balaban J connectivity index is 2.53. The minimum atomic E-state index is -0.363. The molecule has 7 heteroatoms. The molecule has 108 valence electrons. The molecule has 0 fully saturated rings. The van der Waals surface area contributed by atoms with Crippen molar-refractivity contribution in [3.63, 3.8) is 0 Å². The van der Waals surface area contributed by atoms with E-state index in [1.54, 1.807) is 19.2 Å². The average molecular weight is 278 g/mol. The van der Waals surface area contributed by atoms with Gasteiger partial charge in [-0.1, -0.05) is 5.21 Å². The number of carbonyl (C=O) groups is 1. The van der Waals surface area contributed by atoms with E-state index in [0.29, 0.717) is 22.5 Å². The largest absolute Gasteiger partial charge is 0.497 e. The highest BCUT2D eigenvalue weighted by Gasteiger charge is 2.20. The standard InChI is InChI=1S/C13H18N4O3/c1-13(2,3)14-12(18)17-9-6-8(19-4)7-10(20-5)11(9)15-16-17/h6-7H,1-5H3,(H,14,18). The van der Waals surface area contributed by atoms with Crippen LogP contribution in [0.3, 0.4) is 0 Å². The van der Waals surface area contributed by atoms with Crippen molar-refractivity contribution in [1.82, 2.24) is 20.3 Å². The maximum Gasteiger partial charge on any atom is 0.344 e. The quantitative estimate of drug-likeness (QED) is 0.906. The number of amides is 1. The summed E-state index contributed by atoms with van der Waals surface area (Å²) in [5, 5.41) is 10.7. The van der Waals surface area contributed by atoms with Crippen molar-refractivity contribution >= 4 is 17.1 Å².